The van der Waals surface area contributed by atoms with Gasteiger partial charge in [0.2, 0.25) is 5.75 Å². The lowest BCUT2D eigenvalue weighted by molar-refractivity contribution is 0.103. The van der Waals surface area contributed by atoms with Crippen molar-refractivity contribution in [2.24, 2.45) is 0 Å². The topological polar surface area (TPSA) is 77.8 Å². The molecule has 3 N–H and O–H groups in total. The summed E-state index contributed by atoms with van der Waals surface area (Å²) < 4.78 is 0. The van der Waals surface area contributed by atoms with E-state index in [0.717, 1.165) is 12.0 Å². The Balaban J connectivity index is 2.41. The van der Waals surface area contributed by atoms with Gasteiger partial charge in [-0.25, -0.2) is 0 Å². The van der Waals surface area contributed by atoms with E-state index in [1.165, 1.54) is 12.1 Å². The molecule has 0 spiro atoms. The van der Waals surface area contributed by atoms with E-state index in [4.69, 9.17) is 0 Å². The zero-order valence-corrected chi connectivity index (χ0v) is 10.4. The Kier molecular flexibility index (Phi) is 3.42. The van der Waals surface area contributed by atoms with Crippen molar-refractivity contribution in [1.29, 1.82) is 0 Å². The third-order valence-corrected chi connectivity index (χ3v) is 3.00. The van der Waals surface area contributed by atoms with Gasteiger partial charge in [0.15, 0.2) is 17.3 Å². The number of ketones is 1. The molecule has 2 rings (SSSR count). The lowest BCUT2D eigenvalue weighted by atomic mass is 10.00. The monoisotopic (exact) mass is 258 g/mol. The molecule has 0 aromatic heterocycles. The maximum absolute atomic E-state index is 12.2. The van der Waals surface area contributed by atoms with Crippen molar-refractivity contribution in [3.8, 4) is 17.2 Å². The quantitative estimate of drug-likeness (QED) is 0.584. The molecule has 0 atom stereocenters. The van der Waals surface area contributed by atoms with Crippen LogP contribution in [-0.4, -0.2) is 21.1 Å². The number of aromatic hydroxyl groups is 3. The summed E-state index contributed by atoms with van der Waals surface area (Å²) in [7, 11) is 0. The molecule has 98 valence electrons. The van der Waals surface area contributed by atoms with Crippen molar-refractivity contribution in [3.63, 3.8) is 0 Å². The number of benzene rings is 2. The third-order valence-electron chi connectivity index (χ3n) is 3.00. The molecule has 0 saturated carbocycles. The van der Waals surface area contributed by atoms with Crippen LogP contribution in [0.1, 0.15) is 28.4 Å². The minimum atomic E-state index is -0.684. The van der Waals surface area contributed by atoms with Crippen molar-refractivity contribution < 1.29 is 20.1 Å². The molecule has 0 aliphatic carbocycles. The van der Waals surface area contributed by atoms with E-state index in [9.17, 15) is 20.1 Å². The summed E-state index contributed by atoms with van der Waals surface area (Å²) in [6.45, 7) is 2.01. The predicted molar refractivity (Wildman–Crippen MR) is 70.7 cm³/mol. The second-order valence-corrected chi connectivity index (χ2v) is 4.21. The zero-order chi connectivity index (χ0) is 14.0. The summed E-state index contributed by atoms with van der Waals surface area (Å²) in [5.74, 6) is -2.16. The number of hydrogen-bond donors (Lipinski definition) is 3. The molecule has 4 heteroatoms. The van der Waals surface area contributed by atoms with E-state index in [1.807, 2.05) is 19.1 Å². The molecule has 0 amide bonds. The van der Waals surface area contributed by atoms with Crippen LogP contribution in [0.25, 0.3) is 0 Å². The number of carbonyl (C=O) groups excluding carboxylic acids is 1. The van der Waals surface area contributed by atoms with Crippen LogP contribution in [0.5, 0.6) is 17.2 Å². The molecule has 19 heavy (non-hydrogen) atoms. The fourth-order valence-corrected chi connectivity index (χ4v) is 1.80. The Morgan fingerprint density at radius 2 is 1.58 bits per heavy atom. The zero-order valence-electron chi connectivity index (χ0n) is 10.4. The highest BCUT2D eigenvalue weighted by molar-refractivity contribution is 6.11. The van der Waals surface area contributed by atoms with Gasteiger partial charge in [0.25, 0.3) is 0 Å². The Morgan fingerprint density at radius 3 is 2.16 bits per heavy atom. The van der Waals surface area contributed by atoms with Gasteiger partial charge < -0.3 is 15.3 Å². The number of phenols is 3. The molecule has 0 aliphatic heterocycles. The van der Waals surface area contributed by atoms with E-state index >= 15 is 0 Å². The molecule has 0 radical (unpaired) electrons. The first kappa shape index (κ1) is 13.0. The Labute approximate surface area is 110 Å². The molecule has 4 nitrogen and oxygen atoms in total. The molecule has 0 saturated heterocycles. The SMILES string of the molecule is CCc1ccc(C(=O)c2ccc(O)c(O)c2O)cc1. The van der Waals surface area contributed by atoms with Gasteiger partial charge in [0.05, 0.1) is 5.56 Å². The third kappa shape index (κ3) is 2.38. The lowest BCUT2D eigenvalue weighted by Gasteiger charge is -2.07. The average Bonchev–Trinajstić information content (AvgIpc) is 2.44. The summed E-state index contributed by atoms with van der Waals surface area (Å²) in [6.07, 6.45) is 0.875. The van der Waals surface area contributed by atoms with Crippen molar-refractivity contribution in [2.75, 3.05) is 0 Å². The fraction of sp³-hybridized carbons (Fsp3) is 0.133. The first-order valence-corrected chi connectivity index (χ1v) is 5.92. The highest BCUT2D eigenvalue weighted by Crippen LogP contribution is 2.37. The number of carbonyl (C=O) groups is 1. The Morgan fingerprint density at radius 1 is 0.947 bits per heavy atom. The summed E-state index contributed by atoms with van der Waals surface area (Å²) in [5, 5.41) is 28.3. The van der Waals surface area contributed by atoms with Crippen LogP contribution >= 0.6 is 0 Å². The molecule has 0 aliphatic rings. The maximum Gasteiger partial charge on any atom is 0.201 e. The summed E-state index contributed by atoms with van der Waals surface area (Å²) in [4.78, 5) is 12.2. The predicted octanol–water partition coefficient (Wildman–Crippen LogP) is 2.60. The number of aryl methyl sites for hydroxylation is 1. The Hall–Kier alpha value is -2.49. The summed E-state index contributed by atoms with van der Waals surface area (Å²) >= 11 is 0. The molecular formula is C15H14O4. The van der Waals surface area contributed by atoms with Crippen LogP contribution in [0.4, 0.5) is 0 Å². The van der Waals surface area contributed by atoms with Crippen LogP contribution in [0.15, 0.2) is 36.4 Å². The van der Waals surface area contributed by atoms with Crippen LogP contribution in [0.2, 0.25) is 0 Å². The fourth-order valence-electron chi connectivity index (χ4n) is 1.80. The van der Waals surface area contributed by atoms with Gasteiger partial charge >= 0.3 is 0 Å². The van der Waals surface area contributed by atoms with Gasteiger partial charge in [-0.2, -0.15) is 0 Å². The summed E-state index contributed by atoms with van der Waals surface area (Å²) in [5.41, 5.74) is 1.48. The van der Waals surface area contributed by atoms with Gasteiger partial charge in [-0.1, -0.05) is 31.2 Å². The van der Waals surface area contributed by atoms with Crippen LogP contribution in [0, 0.1) is 0 Å². The van der Waals surface area contributed by atoms with Gasteiger partial charge in [0.1, 0.15) is 0 Å². The van der Waals surface area contributed by atoms with E-state index in [0.29, 0.717) is 5.56 Å². The van der Waals surface area contributed by atoms with E-state index < -0.39 is 23.0 Å². The lowest BCUT2D eigenvalue weighted by Crippen LogP contribution is -2.02. The Bertz CT molecular complexity index is 615. The number of phenolic OH excluding ortho intramolecular Hbond substituents is 3. The number of rotatable bonds is 3. The second-order valence-electron chi connectivity index (χ2n) is 4.21. The summed E-state index contributed by atoms with van der Waals surface area (Å²) in [6, 6.07) is 9.47. The molecule has 0 bridgehead atoms. The maximum atomic E-state index is 12.2. The first-order chi connectivity index (χ1) is 9.04. The van der Waals surface area contributed by atoms with Crippen molar-refractivity contribution in [1.82, 2.24) is 0 Å². The minimum Gasteiger partial charge on any atom is -0.504 e. The number of hydrogen-bond acceptors (Lipinski definition) is 4. The standard InChI is InChI=1S/C15H14O4/c1-2-9-3-5-10(6-4-9)13(17)11-7-8-12(16)15(19)14(11)18/h3-8,16,18-19H,2H2,1H3. The van der Waals surface area contributed by atoms with E-state index in [1.54, 1.807) is 12.1 Å². The van der Waals surface area contributed by atoms with Crippen LogP contribution in [-0.2, 0) is 6.42 Å². The van der Waals surface area contributed by atoms with Gasteiger partial charge in [-0.05, 0) is 24.1 Å². The molecule has 2 aromatic rings. The average molecular weight is 258 g/mol. The van der Waals surface area contributed by atoms with Crippen molar-refractivity contribution in [3.05, 3.63) is 53.1 Å². The van der Waals surface area contributed by atoms with E-state index in [2.05, 4.69) is 0 Å². The van der Waals surface area contributed by atoms with E-state index in [-0.39, 0.29) is 5.56 Å². The van der Waals surface area contributed by atoms with Crippen LogP contribution in [0.3, 0.4) is 0 Å². The highest BCUT2D eigenvalue weighted by atomic mass is 16.3. The molecule has 0 heterocycles. The molecular weight excluding hydrogens is 244 g/mol. The van der Waals surface area contributed by atoms with Crippen LogP contribution < -0.4 is 0 Å². The van der Waals surface area contributed by atoms with Crippen molar-refractivity contribution in [2.45, 2.75) is 13.3 Å². The molecule has 0 fully saturated rings. The van der Waals surface area contributed by atoms with Gasteiger partial charge in [-0.3, -0.25) is 4.79 Å². The highest BCUT2D eigenvalue weighted by Gasteiger charge is 2.18. The molecule has 0 unspecified atom stereocenters. The first-order valence-electron chi connectivity index (χ1n) is 5.92. The molecule has 2 aromatic carbocycles. The van der Waals surface area contributed by atoms with Gasteiger partial charge in [0, 0.05) is 5.56 Å². The van der Waals surface area contributed by atoms with Gasteiger partial charge in [-0.15, -0.1) is 0 Å². The minimum absolute atomic E-state index is 0.0421. The second kappa shape index (κ2) is 5.02. The smallest absolute Gasteiger partial charge is 0.201 e. The van der Waals surface area contributed by atoms with Crippen molar-refractivity contribution >= 4 is 5.78 Å². The largest absolute Gasteiger partial charge is 0.504 e. The normalized spacial score (nSPS) is 10.4.